The van der Waals surface area contributed by atoms with Crippen molar-refractivity contribution < 1.29 is 0 Å². The molecule has 2 rings (SSSR count). The molecular formula is C10H9BN4O2. The highest BCUT2D eigenvalue weighted by Crippen LogP contribution is 2.01. The molecule has 1 N–H and O–H groups in total. The van der Waals surface area contributed by atoms with Crippen molar-refractivity contribution in [2.45, 2.75) is 13.5 Å². The molecule has 0 amide bonds. The summed E-state index contributed by atoms with van der Waals surface area (Å²) in [6.07, 6.45) is 0. The largest absolute Gasteiger partial charge is 0.329 e. The predicted molar refractivity (Wildman–Crippen MR) is 64.4 cm³/mol. The number of aromatic nitrogens is 4. The second-order valence-electron chi connectivity index (χ2n) is 3.47. The van der Waals surface area contributed by atoms with Gasteiger partial charge >= 0.3 is 5.69 Å². The van der Waals surface area contributed by atoms with Crippen molar-refractivity contribution >= 4 is 24.7 Å². The Morgan fingerprint density at radius 3 is 2.82 bits per heavy atom. The number of rotatable bonds is 1. The Hall–Kier alpha value is -2.23. The van der Waals surface area contributed by atoms with Crippen LogP contribution in [0.3, 0.4) is 0 Å². The molecule has 2 radical (unpaired) electrons. The minimum absolute atomic E-state index is 0.162. The molecule has 0 aliphatic carbocycles. The zero-order chi connectivity index (χ0) is 12.6. The molecule has 0 aromatic carbocycles. The van der Waals surface area contributed by atoms with E-state index in [0.29, 0.717) is 0 Å². The van der Waals surface area contributed by atoms with E-state index in [1.165, 1.54) is 16.2 Å². The van der Waals surface area contributed by atoms with E-state index < -0.39 is 11.2 Å². The Bertz CT molecular complexity index is 757. The first-order valence-corrected chi connectivity index (χ1v) is 4.91. The van der Waals surface area contributed by atoms with Crippen LogP contribution in [0, 0.1) is 11.8 Å². The molecule has 84 valence electrons. The summed E-state index contributed by atoms with van der Waals surface area (Å²) in [6, 6.07) is 0. The lowest BCUT2D eigenvalue weighted by molar-refractivity contribution is 0.824. The van der Waals surface area contributed by atoms with Gasteiger partial charge in [0.05, 0.1) is 12.3 Å². The molecule has 17 heavy (non-hydrogen) atoms. The molecule has 2 heterocycles. The van der Waals surface area contributed by atoms with Crippen LogP contribution < -0.4 is 17.0 Å². The van der Waals surface area contributed by atoms with Gasteiger partial charge in [-0.25, -0.2) is 9.78 Å². The van der Waals surface area contributed by atoms with Crippen LogP contribution in [0.25, 0.3) is 11.2 Å². The molecular weight excluding hydrogens is 219 g/mol. The van der Waals surface area contributed by atoms with Crippen LogP contribution in [-0.2, 0) is 13.6 Å². The van der Waals surface area contributed by atoms with Crippen molar-refractivity contribution in [3.8, 4) is 11.8 Å². The lowest BCUT2D eigenvalue weighted by Crippen LogP contribution is -2.29. The predicted octanol–water partition coefficient (Wildman–Crippen LogP) is -1.76. The maximum atomic E-state index is 11.7. The van der Waals surface area contributed by atoms with E-state index >= 15 is 0 Å². The number of hydrogen-bond donors (Lipinski definition) is 1. The Morgan fingerprint density at radius 2 is 2.18 bits per heavy atom. The third-order valence-electron chi connectivity index (χ3n) is 2.45. The van der Waals surface area contributed by atoms with Crippen LogP contribution in [0.1, 0.15) is 6.92 Å². The average molecular weight is 228 g/mol. The summed E-state index contributed by atoms with van der Waals surface area (Å²) in [4.78, 5) is 29.3. The smallest absolute Gasteiger partial charge is 0.320 e. The molecule has 0 unspecified atom stereocenters. The van der Waals surface area contributed by atoms with Gasteiger partial charge in [0.15, 0.2) is 19.0 Å². The summed E-state index contributed by atoms with van der Waals surface area (Å²) in [5, 5.41) is 0. The van der Waals surface area contributed by atoms with Crippen molar-refractivity contribution in [1.29, 1.82) is 0 Å². The van der Waals surface area contributed by atoms with E-state index in [0.717, 1.165) is 0 Å². The fourth-order valence-electron chi connectivity index (χ4n) is 1.57. The summed E-state index contributed by atoms with van der Waals surface area (Å²) in [6.45, 7) is 1.95. The topological polar surface area (TPSA) is 72.7 Å². The van der Waals surface area contributed by atoms with Gasteiger partial charge in [-0.15, -0.1) is 5.92 Å². The monoisotopic (exact) mass is 228 g/mol. The number of H-pyrrole nitrogens is 1. The fraction of sp³-hybridized carbons (Fsp3) is 0.300. The molecule has 0 saturated heterocycles. The highest BCUT2D eigenvalue weighted by Gasteiger charge is 2.13. The van der Waals surface area contributed by atoms with Crippen LogP contribution in [0.2, 0.25) is 0 Å². The molecule has 0 bridgehead atoms. The van der Waals surface area contributed by atoms with E-state index in [-0.39, 0.29) is 23.4 Å². The number of aryl methyl sites for hydroxylation is 1. The van der Waals surface area contributed by atoms with Gasteiger partial charge in [-0.3, -0.25) is 14.3 Å². The fourth-order valence-corrected chi connectivity index (χ4v) is 1.57. The highest BCUT2D eigenvalue weighted by atomic mass is 16.2. The lowest BCUT2D eigenvalue weighted by Gasteiger charge is -2.01. The Morgan fingerprint density at radius 1 is 1.47 bits per heavy atom. The van der Waals surface area contributed by atoms with E-state index in [1.807, 2.05) is 0 Å². The van der Waals surface area contributed by atoms with Crippen molar-refractivity contribution in [2.75, 3.05) is 0 Å². The molecule has 6 nitrogen and oxygen atoms in total. The average Bonchev–Trinajstić information content (AvgIpc) is 2.61. The number of hydrogen-bond acceptors (Lipinski definition) is 3. The molecule has 7 heteroatoms. The molecule has 0 saturated carbocycles. The third kappa shape index (κ3) is 1.67. The van der Waals surface area contributed by atoms with Gasteiger partial charge in [0.25, 0.3) is 5.56 Å². The quantitative estimate of drug-likeness (QED) is 0.464. The van der Waals surface area contributed by atoms with Crippen LogP contribution in [0.15, 0.2) is 9.59 Å². The number of nitrogens with zero attached hydrogens (tertiary/aromatic N) is 3. The molecule has 2 aromatic rings. The minimum atomic E-state index is -0.520. The second-order valence-corrected chi connectivity index (χ2v) is 3.47. The van der Waals surface area contributed by atoms with E-state index in [1.54, 1.807) is 6.92 Å². The lowest BCUT2D eigenvalue weighted by atomic mass is 10.1. The minimum Gasteiger partial charge on any atom is -0.320 e. The van der Waals surface area contributed by atoms with Crippen molar-refractivity contribution in [2.24, 2.45) is 7.05 Å². The van der Waals surface area contributed by atoms with E-state index in [2.05, 4.69) is 21.8 Å². The highest BCUT2D eigenvalue weighted by molar-refractivity contribution is 6.30. The molecule has 0 fully saturated rings. The third-order valence-corrected chi connectivity index (χ3v) is 2.45. The normalized spacial score (nSPS) is 10.2. The summed E-state index contributed by atoms with van der Waals surface area (Å²) in [5.74, 6) is 5.51. The van der Waals surface area contributed by atoms with Crippen LogP contribution >= 0.6 is 0 Å². The van der Waals surface area contributed by atoms with E-state index in [9.17, 15) is 9.59 Å². The van der Waals surface area contributed by atoms with Crippen LogP contribution in [0.5, 0.6) is 0 Å². The van der Waals surface area contributed by atoms with Crippen molar-refractivity contribution in [1.82, 2.24) is 19.1 Å². The Labute approximate surface area is 97.7 Å². The van der Waals surface area contributed by atoms with E-state index in [4.69, 9.17) is 7.85 Å². The first kappa shape index (κ1) is 11.3. The molecule has 0 aliphatic rings. The van der Waals surface area contributed by atoms with Gasteiger partial charge in [-0.2, -0.15) is 0 Å². The summed E-state index contributed by atoms with van der Waals surface area (Å²) in [7, 11) is 7.21. The summed E-state index contributed by atoms with van der Waals surface area (Å²) < 4.78 is 2.72. The van der Waals surface area contributed by atoms with Gasteiger partial charge in [0.1, 0.15) is 0 Å². The van der Waals surface area contributed by atoms with Crippen LogP contribution in [-0.4, -0.2) is 26.9 Å². The maximum absolute atomic E-state index is 11.7. The summed E-state index contributed by atoms with van der Waals surface area (Å²) >= 11 is 0. The second kappa shape index (κ2) is 3.98. The van der Waals surface area contributed by atoms with Crippen molar-refractivity contribution in [3.63, 3.8) is 0 Å². The first-order chi connectivity index (χ1) is 8.06. The molecule has 0 spiro atoms. The standard InChI is InChI=1S/C10H9BN4O2/c1-3-4-5-15-6-7(12-9(15)11)14(2)10(17)13-8(6)16/h5H2,1-2H3,(H,13,16,17). The van der Waals surface area contributed by atoms with Gasteiger partial charge in [0.2, 0.25) is 0 Å². The Kier molecular flexibility index (Phi) is 2.64. The van der Waals surface area contributed by atoms with Crippen LogP contribution in [0.4, 0.5) is 0 Å². The molecule has 2 aromatic heterocycles. The molecule has 0 aliphatic heterocycles. The maximum Gasteiger partial charge on any atom is 0.329 e. The molecule has 0 atom stereocenters. The van der Waals surface area contributed by atoms with Gasteiger partial charge < -0.3 is 4.57 Å². The summed E-state index contributed by atoms with van der Waals surface area (Å²) in [5.41, 5.74) is -0.352. The number of nitrogens with one attached hydrogen (secondary N) is 1. The Balaban J connectivity index is 2.90. The SMILES string of the molecule is [B]c1nc2c(c(=O)[nH]c(=O)n2C)n1CC#CC. The van der Waals surface area contributed by atoms with Gasteiger partial charge in [-0.05, 0) is 6.92 Å². The van der Waals surface area contributed by atoms with Gasteiger partial charge in [-0.1, -0.05) is 5.92 Å². The first-order valence-electron chi connectivity index (χ1n) is 4.91. The number of aromatic amines is 1. The van der Waals surface area contributed by atoms with Crippen molar-refractivity contribution in [3.05, 3.63) is 20.8 Å². The van der Waals surface area contributed by atoms with Gasteiger partial charge in [0, 0.05) is 7.05 Å². The number of fused-ring (bicyclic) bond motifs is 1. The zero-order valence-electron chi connectivity index (χ0n) is 9.44. The zero-order valence-corrected chi connectivity index (χ0v) is 9.44. The number of imidazole rings is 1.